The van der Waals surface area contributed by atoms with Crippen molar-refractivity contribution in [3.8, 4) is 0 Å². The zero-order valence-corrected chi connectivity index (χ0v) is 10.9. The van der Waals surface area contributed by atoms with Crippen molar-refractivity contribution in [1.82, 2.24) is 5.48 Å². The molecule has 1 aromatic carbocycles. The largest absolute Gasteiger partial charge is 0.755 e. The van der Waals surface area contributed by atoms with Crippen molar-refractivity contribution < 1.29 is 23.4 Å². The average molecular weight is 272 g/mol. The van der Waals surface area contributed by atoms with E-state index in [0.717, 1.165) is 5.56 Å². The summed E-state index contributed by atoms with van der Waals surface area (Å²) in [6.45, 7) is 1.54. The van der Waals surface area contributed by atoms with Gasteiger partial charge in [-0.1, -0.05) is 37.3 Å². The van der Waals surface area contributed by atoms with E-state index in [1.54, 1.807) is 12.4 Å². The number of nitrogens with one attached hydrogen (secondary N) is 1. The Morgan fingerprint density at radius 3 is 2.67 bits per heavy atom. The van der Waals surface area contributed by atoms with Gasteiger partial charge in [0, 0.05) is 6.42 Å². The van der Waals surface area contributed by atoms with Crippen LogP contribution in [-0.4, -0.2) is 12.5 Å². The first-order valence-corrected chi connectivity index (χ1v) is 6.96. The van der Waals surface area contributed by atoms with Gasteiger partial charge in [0.15, 0.2) is 0 Å². The standard InChI is InChI=1S/C11H16NO5P/c1-2-11(13)12-17-18(14,15)16-9-8-10-6-4-3-5-7-10/h3-7H,2,8-9H2,1H3,(H,12,13)(H,14,15)/p-1. The van der Waals surface area contributed by atoms with Crippen LogP contribution in [0.15, 0.2) is 30.3 Å². The number of hydrogen-bond donors (Lipinski definition) is 1. The normalized spacial score (nSPS) is 13.9. The van der Waals surface area contributed by atoms with Gasteiger partial charge in [-0.2, -0.15) is 0 Å². The van der Waals surface area contributed by atoms with E-state index in [1.807, 2.05) is 30.3 Å². The molecule has 0 aromatic heterocycles. The molecule has 18 heavy (non-hydrogen) atoms. The second-order valence-electron chi connectivity index (χ2n) is 3.49. The van der Waals surface area contributed by atoms with Crippen LogP contribution in [0.2, 0.25) is 0 Å². The third-order valence-corrected chi connectivity index (χ3v) is 2.89. The van der Waals surface area contributed by atoms with Crippen LogP contribution in [0.3, 0.4) is 0 Å². The Morgan fingerprint density at radius 2 is 2.06 bits per heavy atom. The van der Waals surface area contributed by atoms with E-state index in [2.05, 4.69) is 9.15 Å². The van der Waals surface area contributed by atoms with Crippen molar-refractivity contribution in [1.29, 1.82) is 0 Å². The summed E-state index contributed by atoms with van der Waals surface area (Å²) in [6, 6.07) is 9.29. The molecule has 0 spiro atoms. The van der Waals surface area contributed by atoms with E-state index in [4.69, 9.17) is 0 Å². The number of benzene rings is 1. The molecule has 0 saturated heterocycles. The van der Waals surface area contributed by atoms with E-state index in [-0.39, 0.29) is 13.0 Å². The number of amides is 1. The summed E-state index contributed by atoms with van der Waals surface area (Å²) in [5.74, 6) is -0.530. The summed E-state index contributed by atoms with van der Waals surface area (Å²) in [7, 11) is -4.48. The molecule has 0 radical (unpaired) electrons. The van der Waals surface area contributed by atoms with E-state index in [9.17, 15) is 14.3 Å². The maximum Gasteiger partial charge on any atom is 0.290 e. The predicted molar refractivity (Wildman–Crippen MR) is 63.2 cm³/mol. The Labute approximate surface area is 105 Å². The fourth-order valence-electron chi connectivity index (χ4n) is 1.13. The third kappa shape index (κ3) is 5.93. The van der Waals surface area contributed by atoms with Crippen molar-refractivity contribution in [3.05, 3.63) is 35.9 Å². The molecule has 0 bridgehead atoms. The second-order valence-corrected chi connectivity index (χ2v) is 4.82. The minimum atomic E-state index is -4.48. The Morgan fingerprint density at radius 1 is 1.39 bits per heavy atom. The molecule has 0 aliphatic heterocycles. The Bertz CT molecular complexity index is 423. The zero-order chi connectivity index (χ0) is 13.4. The number of hydrogen-bond acceptors (Lipinski definition) is 5. The highest BCUT2D eigenvalue weighted by Gasteiger charge is 2.11. The molecule has 1 rings (SSSR count). The maximum atomic E-state index is 11.2. The smallest absolute Gasteiger partial charge is 0.290 e. The highest BCUT2D eigenvalue weighted by Crippen LogP contribution is 2.36. The number of carbonyl (C=O) groups is 1. The van der Waals surface area contributed by atoms with Gasteiger partial charge in [-0.3, -0.25) is 9.36 Å². The van der Waals surface area contributed by atoms with Crippen molar-refractivity contribution in [3.63, 3.8) is 0 Å². The number of phosphoric acid groups is 1. The van der Waals surface area contributed by atoms with E-state index >= 15 is 0 Å². The van der Waals surface area contributed by atoms with Gasteiger partial charge in [-0.15, -0.1) is 0 Å². The first kappa shape index (κ1) is 14.9. The van der Waals surface area contributed by atoms with Crippen LogP contribution in [0, 0.1) is 0 Å². The van der Waals surface area contributed by atoms with Crippen LogP contribution in [-0.2, 0) is 24.9 Å². The second kappa shape index (κ2) is 7.28. The maximum absolute atomic E-state index is 11.2. The van der Waals surface area contributed by atoms with E-state index < -0.39 is 13.7 Å². The van der Waals surface area contributed by atoms with Gasteiger partial charge >= 0.3 is 0 Å². The van der Waals surface area contributed by atoms with Crippen molar-refractivity contribution in [2.24, 2.45) is 0 Å². The van der Waals surface area contributed by atoms with Gasteiger partial charge in [0.25, 0.3) is 7.82 Å². The zero-order valence-electron chi connectivity index (χ0n) is 10.00. The van der Waals surface area contributed by atoms with E-state index in [1.165, 1.54) is 0 Å². The van der Waals surface area contributed by atoms with Crippen LogP contribution < -0.4 is 10.4 Å². The Balaban J connectivity index is 2.29. The number of phosphoric ester groups is 1. The lowest BCUT2D eigenvalue weighted by atomic mass is 10.2. The SMILES string of the molecule is CCC(=O)NOP(=O)([O-])OCCc1ccccc1. The summed E-state index contributed by atoms with van der Waals surface area (Å²) < 4.78 is 20.0. The first-order chi connectivity index (χ1) is 8.53. The molecule has 1 aromatic rings. The summed E-state index contributed by atoms with van der Waals surface area (Å²) in [5.41, 5.74) is 2.74. The lowest BCUT2D eigenvalue weighted by molar-refractivity contribution is -0.231. The summed E-state index contributed by atoms with van der Waals surface area (Å²) in [6.07, 6.45) is 0.572. The Hall–Kier alpha value is -1.20. The molecule has 1 atom stereocenters. The van der Waals surface area contributed by atoms with Crippen LogP contribution in [0.1, 0.15) is 18.9 Å². The van der Waals surface area contributed by atoms with Crippen molar-refractivity contribution in [2.75, 3.05) is 6.61 Å². The topological polar surface area (TPSA) is 87.7 Å². The average Bonchev–Trinajstić information content (AvgIpc) is 2.37. The van der Waals surface area contributed by atoms with Gasteiger partial charge in [0.05, 0.1) is 6.61 Å². The molecular weight excluding hydrogens is 257 g/mol. The van der Waals surface area contributed by atoms with E-state index in [0.29, 0.717) is 6.42 Å². The lowest BCUT2D eigenvalue weighted by Crippen LogP contribution is -2.25. The van der Waals surface area contributed by atoms with Crippen LogP contribution in [0.4, 0.5) is 0 Å². The molecule has 0 aliphatic rings. The van der Waals surface area contributed by atoms with Crippen LogP contribution in [0.5, 0.6) is 0 Å². The molecule has 1 amide bonds. The molecule has 6 nitrogen and oxygen atoms in total. The van der Waals surface area contributed by atoms with Gasteiger partial charge < -0.3 is 9.42 Å². The minimum absolute atomic E-state index is 0.0349. The number of hydroxylamine groups is 1. The summed E-state index contributed by atoms with van der Waals surface area (Å²) in [5, 5.41) is 0. The molecule has 0 aliphatic carbocycles. The van der Waals surface area contributed by atoms with Gasteiger partial charge in [-0.05, 0) is 12.0 Å². The molecule has 1 unspecified atom stereocenters. The molecule has 0 fully saturated rings. The third-order valence-electron chi connectivity index (χ3n) is 2.08. The molecule has 1 N–H and O–H groups in total. The molecule has 100 valence electrons. The summed E-state index contributed by atoms with van der Waals surface area (Å²) >= 11 is 0. The van der Waals surface area contributed by atoms with Crippen molar-refractivity contribution in [2.45, 2.75) is 19.8 Å². The fourth-order valence-corrected chi connectivity index (χ4v) is 1.71. The van der Waals surface area contributed by atoms with Gasteiger partial charge in [0.1, 0.15) is 0 Å². The molecule has 0 saturated carbocycles. The highest BCUT2D eigenvalue weighted by molar-refractivity contribution is 7.45. The quantitative estimate of drug-likeness (QED) is 0.594. The minimum Gasteiger partial charge on any atom is -0.755 e. The first-order valence-electron chi connectivity index (χ1n) is 5.50. The molecule has 0 heterocycles. The molecular formula is C11H15NO5P-. The monoisotopic (exact) mass is 272 g/mol. The number of carbonyl (C=O) groups excluding carboxylic acids is 1. The Kier molecular flexibility index (Phi) is 6.01. The van der Waals surface area contributed by atoms with Gasteiger partial charge in [0.2, 0.25) is 5.91 Å². The lowest BCUT2D eigenvalue weighted by Gasteiger charge is -2.21. The van der Waals surface area contributed by atoms with Crippen LogP contribution >= 0.6 is 7.82 Å². The van der Waals surface area contributed by atoms with Gasteiger partial charge in [-0.25, -0.2) is 10.1 Å². The predicted octanol–water partition coefficient (Wildman–Crippen LogP) is 1.17. The number of rotatable bonds is 7. The van der Waals surface area contributed by atoms with Crippen molar-refractivity contribution >= 4 is 13.7 Å². The summed E-state index contributed by atoms with van der Waals surface area (Å²) in [4.78, 5) is 22.0. The molecule has 7 heteroatoms. The fraction of sp³-hybridized carbons (Fsp3) is 0.364. The highest BCUT2D eigenvalue weighted by atomic mass is 31.2. The van der Waals surface area contributed by atoms with Crippen LogP contribution in [0.25, 0.3) is 0 Å².